The highest BCUT2D eigenvalue weighted by Gasteiger charge is 2.20. The summed E-state index contributed by atoms with van der Waals surface area (Å²) < 4.78 is 18.8. The zero-order chi connectivity index (χ0) is 15.2. The van der Waals surface area contributed by atoms with E-state index in [9.17, 15) is 9.18 Å². The maximum absolute atomic E-state index is 13.9. The van der Waals surface area contributed by atoms with Gasteiger partial charge in [0.15, 0.2) is 5.82 Å². The molecule has 2 aromatic rings. The molecule has 0 saturated heterocycles. The molecule has 2 N–H and O–H groups in total. The number of hydrogen-bond acceptors (Lipinski definition) is 5. The summed E-state index contributed by atoms with van der Waals surface area (Å²) in [6, 6.07) is 3.66. The average Bonchev–Trinajstić information content (AvgIpc) is 3.00. The number of halogens is 1. The molecule has 0 bridgehead atoms. The van der Waals surface area contributed by atoms with Gasteiger partial charge in [-0.2, -0.15) is 5.21 Å². The zero-order valence-corrected chi connectivity index (χ0v) is 11.8. The lowest BCUT2D eigenvalue weighted by molar-refractivity contribution is 0.0928. The lowest BCUT2D eigenvalue weighted by Crippen LogP contribution is -2.30. The van der Waals surface area contributed by atoms with Gasteiger partial charge in [-0.25, -0.2) is 4.39 Å². The van der Waals surface area contributed by atoms with Crippen molar-refractivity contribution < 1.29 is 13.9 Å². The van der Waals surface area contributed by atoms with Crippen molar-refractivity contribution in [2.45, 2.75) is 25.8 Å². The fourth-order valence-electron chi connectivity index (χ4n) is 1.91. The first-order valence-corrected chi connectivity index (χ1v) is 6.53. The maximum Gasteiger partial charge on any atom is 0.254 e. The normalized spacial score (nSPS) is 12.0. The molecule has 0 saturated carbocycles. The van der Waals surface area contributed by atoms with Gasteiger partial charge >= 0.3 is 0 Å². The third-order valence-corrected chi connectivity index (χ3v) is 2.98. The molecule has 1 heterocycles. The molecular formula is C13H16FN5O2. The van der Waals surface area contributed by atoms with Gasteiger partial charge in [0.1, 0.15) is 11.6 Å². The Morgan fingerprint density at radius 2 is 2.33 bits per heavy atom. The van der Waals surface area contributed by atoms with Crippen LogP contribution in [0.4, 0.5) is 4.39 Å². The van der Waals surface area contributed by atoms with Gasteiger partial charge in [-0.3, -0.25) is 4.79 Å². The molecule has 1 aromatic heterocycles. The average molecular weight is 293 g/mol. The number of hydrogen-bond donors (Lipinski definition) is 2. The van der Waals surface area contributed by atoms with Gasteiger partial charge in [-0.05, 0) is 18.6 Å². The number of H-pyrrole nitrogens is 1. The second kappa shape index (κ2) is 6.78. The third-order valence-electron chi connectivity index (χ3n) is 2.98. The van der Waals surface area contributed by atoms with E-state index in [4.69, 9.17) is 4.74 Å². The summed E-state index contributed by atoms with van der Waals surface area (Å²) in [4.78, 5) is 12.2. The summed E-state index contributed by atoms with van der Waals surface area (Å²) >= 11 is 0. The second-order valence-electron chi connectivity index (χ2n) is 4.43. The number of amides is 1. The van der Waals surface area contributed by atoms with E-state index >= 15 is 0 Å². The van der Waals surface area contributed by atoms with E-state index in [2.05, 4.69) is 25.9 Å². The number of aromatic amines is 1. The van der Waals surface area contributed by atoms with E-state index in [0.29, 0.717) is 18.0 Å². The lowest BCUT2D eigenvalue weighted by Gasteiger charge is -2.15. The summed E-state index contributed by atoms with van der Waals surface area (Å²) in [6.45, 7) is 1.97. The maximum atomic E-state index is 13.9. The van der Waals surface area contributed by atoms with Gasteiger partial charge < -0.3 is 10.1 Å². The van der Waals surface area contributed by atoms with Crippen molar-refractivity contribution in [3.05, 3.63) is 35.4 Å². The standard InChI is InChI=1S/C13H16FN5O2/c1-3-4-11(12-16-18-19-17-12)15-13(20)9-6-5-8(21-2)7-10(9)14/h5-7,11H,3-4H2,1-2H3,(H,15,20)(H,16,17,18,19)/t11-/m1/s1. The van der Waals surface area contributed by atoms with Crippen LogP contribution >= 0.6 is 0 Å². The molecule has 0 aliphatic heterocycles. The van der Waals surface area contributed by atoms with E-state index in [1.807, 2.05) is 6.92 Å². The lowest BCUT2D eigenvalue weighted by atomic mass is 10.1. The van der Waals surface area contributed by atoms with E-state index in [0.717, 1.165) is 12.5 Å². The van der Waals surface area contributed by atoms with Crippen LogP contribution in [0.25, 0.3) is 0 Å². The van der Waals surface area contributed by atoms with E-state index < -0.39 is 17.8 Å². The zero-order valence-electron chi connectivity index (χ0n) is 11.8. The van der Waals surface area contributed by atoms with Gasteiger partial charge in [0.25, 0.3) is 5.91 Å². The number of aromatic nitrogens is 4. The number of ether oxygens (including phenoxy) is 1. The van der Waals surface area contributed by atoms with Crippen LogP contribution < -0.4 is 10.1 Å². The van der Waals surface area contributed by atoms with Crippen molar-refractivity contribution in [1.82, 2.24) is 25.9 Å². The number of nitrogens with zero attached hydrogens (tertiary/aromatic N) is 3. The molecule has 0 radical (unpaired) electrons. The van der Waals surface area contributed by atoms with Crippen LogP contribution in [-0.2, 0) is 0 Å². The van der Waals surface area contributed by atoms with Crippen LogP contribution in [0.3, 0.4) is 0 Å². The number of nitrogens with one attached hydrogen (secondary N) is 2. The largest absolute Gasteiger partial charge is 0.497 e. The molecule has 2 rings (SSSR count). The highest BCUT2D eigenvalue weighted by molar-refractivity contribution is 5.94. The van der Waals surface area contributed by atoms with Crippen molar-refractivity contribution in [3.63, 3.8) is 0 Å². The second-order valence-corrected chi connectivity index (χ2v) is 4.43. The first kappa shape index (κ1) is 14.9. The minimum atomic E-state index is -0.643. The predicted octanol–water partition coefficient (Wildman–Crippen LogP) is 1.62. The number of rotatable bonds is 6. The first-order chi connectivity index (χ1) is 10.2. The number of benzene rings is 1. The molecule has 21 heavy (non-hydrogen) atoms. The Labute approximate surface area is 120 Å². The summed E-state index contributed by atoms with van der Waals surface area (Å²) in [5, 5.41) is 16.2. The fourth-order valence-corrected chi connectivity index (χ4v) is 1.91. The number of carbonyl (C=O) groups is 1. The van der Waals surface area contributed by atoms with E-state index in [-0.39, 0.29) is 5.56 Å². The van der Waals surface area contributed by atoms with Crippen molar-refractivity contribution in [2.24, 2.45) is 0 Å². The van der Waals surface area contributed by atoms with Crippen LogP contribution in [0.15, 0.2) is 18.2 Å². The molecule has 7 nitrogen and oxygen atoms in total. The van der Waals surface area contributed by atoms with Gasteiger partial charge in [0.2, 0.25) is 0 Å². The molecule has 0 unspecified atom stereocenters. The highest BCUT2D eigenvalue weighted by atomic mass is 19.1. The molecule has 112 valence electrons. The number of carbonyl (C=O) groups excluding carboxylic acids is 1. The number of tetrazole rings is 1. The smallest absolute Gasteiger partial charge is 0.254 e. The van der Waals surface area contributed by atoms with Crippen LogP contribution in [0.2, 0.25) is 0 Å². The van der Waals surface area contributed by atoms with Gasteiger partial charge in [0.05, 0.1) is 18.7 Å². The van der Waals surface area contributed by atoms with Crippen molar-refractivity contribution in [3.8, 4) is 5.75 Å². The molecular weight excluding hydrogens is 277 g/mol. The molecule has 1 atom stereocenters. The summed E-state index contributed by atoms with van der Waals surface area (Å²) in [5.74, 6) is -0.444. The fraction of sp³-hybridized carbons (Fsp3) is 0.385. The van der Waals surface area contributed by atoms with Crippen molar-refractivity contribution >= 4 is 5.91 Å². The Hall–Kier alpha value is -2.51. The Bertz CT molecular complexity index is 603. The molecule has 0 spiro atoms. The Morgan fingerprint density at radius 3 is 2.90 bits per heavy atom. The van der Waals surface area contributed by atoms with Crippen LogP contribution in [0.1, 0.15) is 42.0 Å². The van der Waals surface area contributed by atoms with Crippen LogP contribution in [-0.4, -0.2) is 33.6 Å². The molecule has 1 aromatic carbocycles. The summed E-state index contributed by atoms with van der Waals surface area (Å²) in [7, 11) is 1.43. The Morgan fingerprint density at radius 1 is 1.52 bits per heavy atom. The van der Waals surface area contributed by atoms with E-state index in [1.165, 1.54) is 19.2 Å². The quantitative estimate of drug-likeness (QED) is 0.844. The molecule has 0 aliphatic rings. The number of methoxy groups -OCH3 is 1. The summed E-state index contributed by atoms with van der Waals surface area (Å²) in [6.07, 6.45) is 1.44. The van der Waals surface area contributed by atoms with E-state index in [1.54, 1.807) is 0 Å². The van der Waals surface area contributed by atoms with Gasteiger partial charge in [-0.1, -0.05) is 18.6 Å². The van der Waals surface area contributed by atoms with Gasteiger partial charge in [-0.15, -0.1) is 10.2 Å². The van der Waals surface area contributed by atoms with Crippen LogP contribution in [0.5, 0.6) is 5.75 Å². The minimum Gasteiger partial charge on any atom is -0.497 e. The molecule has 8 heteroatoms. The van der Waals surface area contributed by atoms with Gasteiger partial charge in [0, 0.05) is 6.07 Å². The topological polar surface area (TPSA) is 92.8 Å². The highest BCUT2D eigenvalue weighted by Crippen LogP contribution is 2.18. The Balaban J connectivity index is 2.15. The van der Waals surface area contributed by atoms with Crippen LogP contribution in [0, 0.1) is 5.82 Å². The minimum absolute atomic E-state index is 0.0552. The van der Waals surface area contributed by atoms with Crippen molar-refractivity contribution in [2.75, 3.05) is 7.11 Å². The molecule has 0 aliphatic carbocycles. The molecule has 0 fully saturated rings. The first-order valence-electron chi connectivity index (χ1n) is 6.53. The monoisotopic (exact) mass is 293 g/mol. The molecule has 1 amide bonds. The summed E-state index contributed by atoms with van der Waals surface area (Å²) in [5.41, 5.74) is -0.0552. The predicted molar refractivity (Wildman–Crippen MR) is 72.2 cm³/mol. The Kier molecular flexibility index (Phi) is 4.81. The SMILES string of the molecule is CCC[C@@H](NC(=O)c1ccc(OC)cc1F)c1nn[nH]n1. The van der Waals surface area contributed by atoms with Crippen molar-refractivity contribution in [1.29, 1.82) is 0 Å². The third kappa shape index (κ3) is 3.53.